The Labute approximate surface area is 177 Å². The number of thioether (sulfide) groups is 1. The molecule has 0 radical (unpaired) electrons. The van der Waals surface area contributed by atoms with Gasteiger partial charge in [-0.25, -0.2) is 0 Å². The van der Waals surface area contributed by atoms with E-state index in [1.54, 1.807) is 0 Å². The lowest BCUT2D eigenvalue weighted by Crippen LogP contribution is -1.97. The summed E-state index contributed by atoms with van der Waals surface area (Å²) >= 11 is 1.87. The first-order chi connectivity index (χ1) is 14.2. The predicted octanol–water partition coefficient (Wildman–Crippen LogP) is 7.98. The van der Waals surface area contributed by atoms with Gasteiger partial charge in [-0.1, -0.05) is 77.9 Å². The Hall–Kier alpha value is -2.97. The van der Waals surface area contributed by atoms with E-state index in [1.165, 1.54) is 27.1 Å². The van der Waals surface area contributed by atoms with Gasteiger partial charge in [-0.2, -0.15) is 0 Å². The Balaban J connectivity index is 1.57. The van der Waals surface area contributed by atoms with Crippen molar-refractivity contribution in [2.45, 2.75) is 24.0 Å². The largest absolute Gasteiger partial charge is 0.457 e. The first-order valence-corrected chi connectivity index (χ1v) is 10.7. The fraction of sp³-hybridized carbons (Fsp3) is 0.111. The fourth-order valence-corrected chi connectivity index (χ4v) is 4.31. The van der Waals surface area contributed by atoms with Gasteiger partial charge in [-0.15, -0.1) is 11.8 Å². The van der Waals surface area contributed by atoms with Crippen molar-refractivity contribution in [2.75, 3.05) is 0 Å². The van der Waals surface area contributed by atoms with Gasteiger partial charge < -0.3 is 4.74 Å². The van der Waals surface area contributed by atoms with Crippen molar-refractivity contribution in [1.82, 2.24) is 0 Å². The van der Waals surface area contributed by atoms with Crippen molar-refractivity contribution in [3.63, 3.8) is 0 Å². The van der Waals surface area contributed by atoms with E-state index in [0.717, 1.165) is 11.5 Å². The number of hydrogen-bond donors (Lipinski definition) is 0. The summed E-state index contributed by atoms with van der Waals surface area (Å²) in [7, 11) is 0. The predicted molar refractivity (Wildman–Crippen MR) is 123 cm³/mol. The molecule has 1 nitrogen and oxygen atoms in total. The highest BCUT2D eigenvalue weighted by atomic mass is 32.2. The Bertz CT molecular complexity index is 991. The highest BCUT2D eigenvalue weighted by Crippen LogP contribution is 2.41. The minimum atomic E-state index is 0.247. The van der Waals surface area contributed by atoms with Crippen LogP contribution in [0.5, 0.6) is 11.5 Å². The topological polar surface area (TPSA) is 9.23 Å². The average Bonchev–Trinajstić information content (AvgIpc) is 2.75. The van der Waals surface area contributed by atoms with E-state index in [-0.39, 0.29) is 5.25 Å². The number of rotatable bonds is 6. The van der Waals surface area contributed by atoms with E-state index in [1.807, 2.05) is 54.2 Å². The van der Waals surface area contributed by atoms with Crippen molar-refractivity contribution in [1.29, 1.82) is 0 Å². The van der Waals surface area contributed by atoms with E-state index in [2.05, 4.69) is 74.5 Å². The Kier molecular flexibility index (Phi) is 6.02. The molecule has 0 unspecified atom stereocenters. The molecule has 0 aliphatic heterocycles. The number of hydrogen-bond acceptors (Lipinski definition) is 2. The monoisotopic (exact) mass is 396 g/mol. The molecule has 0 bridgehead atoms. The summed E-state index contributed by atoms with van der Waals surface area (Å²) in [6.45, 7) is 4.26. The van der Waals surface area contributed by atoms with Crippen LogP contribution in [0.4, 0.5) is 0 Å². The quantitative estimate of drug-likeness (QED) is 0.306. The maximum Gasteiger partial charge on any atom is 0.127 e. The normalized spacial score (nSPS) is 10.9. The van der Waals surface area contributed by atoms with Gasteiger partial charge in [0.2, 0.25) is 0 Å². The van der Waals surface area contributed by atoms with E-state index in [9.17, 15) is 0 Å². The third-order valence-electron chi connectivity index (χ3n) is 4.82. The molecule has 0 atom stereocenters. The summed E-state index contributed by atoms with van der Waals surface area (Å²) in [6, 6.07) is 35.9. The van der Waals surface area contributed by atoms with Crippen LogP contribution in [0.15, 0.2) is 108 Å². The van der Waals surface area contributed by atoms with Crippen LogP contribution >= 0.6 is 11.8 Å². The van der Waals surface area contributed by atoms with Crippen LogP contribution < -0.4 is 4.74 Å². The second-order valence-electron chi connectivity index (χ2n) is 7.21. The van der Waals surface area contributed by atoms with E-state index in [4.69, 9.17) is 4.74 Å². The fourth-order valence-electron chi connectivity index (χ4n) is 3.16. The molecule has 0 N–H and O–H groups in total. The average molecular weight is 397 g/mol. The van der Waals surface area contributed by atoms with Crippen LogP contribution in [-0.2, 0) is 0 Å². The summed E-state index contributed by atoms with van der Waals surface area (Å²) in [5.41, 5.74) is 5.19. The van der Waals surface area contributed by atoms with Gasteiger partial charge in [0.05, 0.1) is 5.25 Å². The van der Waals surface area contributed by atoms with Gasteiger partial charge in [0.1, 0.15) is 11.5 Å². The van der Waals surface area contributed by atoms with Crippen molar-refractivity contribution in [3.8, 4) is 11.5 Å². The molecule has 0 fully saturated rings. The van der Waals surface area contributed by atoms with Crippen LogP contribution in [0.1, 0.15) is 27.5 Å². The van der Waals surface area contributed by atoms with E-state index in [0.29, 0.717) is 0 Å². The lowest BCUT2D eigenvalue weighted by atomic mass is 10.0. The SMILES string of the molecule is Cc1ccc(C(Sc2ccc(Oc3ccccc3)cc2)c2ccc(C)cc2)cc1. The molecule has 0 aromatic heterocycles. The van der Waals surface area contributed by atoms with Crippen LogP contribution in [-0.4, -0.2) is 0 Å². The first-order valence-electron chi connectivity index (χ1n) is 9.80. The molecule has 0 saturated heterocycles. The summed E-state index contributed by atoms with van der Waals surface area (Å²) in [5, 5.41) is 0.247. The zero-order valence-corrected chi connectivity index (χ0v) is 17.5. The van der Waals surface area contributed by atoms with Crippen LogP contribution in [0.25, 0.3) is 0 Å². The molecule has 2 heteroatoms. The Morgan fingerprint density at radius 3 is 1.55 bits per heavy atom. The summed E-state index contributed by atoms with van der Waals surface area (Å²) in [4.78, 5) is 1.22. The molecule has 0 aliphatic carbocycles. The highest BCUT2D eigenvalue weighted by molar-refractivity contribution is 7.99. The van der Waals surface area contributed by atoms with Crippen LogP contribution in [0, 0.1) is 13.8 Å². The smallest absolute Gasteiger partial charge is 0.127 e. The molecule has 29 heavy (non-hydrogen) atoms. The number of aryl methyl sites for hydroxylation is 2. The van der Waals surface area contributed by atoms with Gasteiger partial charge in [-0.3, -0.25) is 0 Å². The van der Waals surface area contributed by atoms with E-state index >= 15 is 0 Å². The molecule has 0 heterocycles. The lowest BCUT2D eigenvalue weighted by Gasteiger charge is -2.18. The molecule has 0 amide bonds. The Morgan fingerprint density at radius 2 is 1.03 bits per heavy atom. The van der Waals surface area contributed by atoms with Gasteiger partial charge >= 0.3 is 0 Å². The molecule has 0 aliphatic rings. The maximum absolute atomic E-state index is 5.92. The number of ether oxygens (including phenoxy) is 1. The van der Waals surface area contributed by atoms with Crippen molar-refractivity contribution < 1.29 is 4.74 Å². The van der Waals surface area contributed by atoms with Crippen LogP contribution in [0.2, 0.25) is 0 Å². The summed E-state index contributed by atoms with van der Waals surface area (Å²) in [5.74, 6) is 1.70. The number of para-hydroxylation sites is 1. The van der Waals surface area contributed by atoms with Gasteiger partial charge in [0.25, 0.3) is 0 Å². The highest BCUT2D eigenvalue weighted by Gasteiger charge is 2.16. The second-order valence-corrected chi connectivity index (χ2v) is 8.38. The standard InChI is InChI=1S/C27H24OS/c1-20-8-12-22(13-9-20)27(23-14-10-21(2)11-15-23)29-26-18-16-25(17-19-26)28-24-6-4-3-5-7-24/h3-19,27H,1-2H3. The van der Waals surface area contributed by atoms with Crippen LogP contribution in [0.3, 0.4) is 0 Å². The third-order valence-corrected chi connectivity index (χ3v) is 6.14. The molecular weight excluding hydrogens is 372 g/mol. The molecular formula is C27H24OS. The Morgan fingerprint density at radius 1 is 0.552 bits per heavy atom. The minimum Gasteiger partial charge on any atom is -0.457 e. The molecule has 0 spiro atoms. The van der Waals surface area contributed by atoms with Crippen molar-refractivity contribution in [2.24, 2.45) is 0 Å². The minimum absolute atomic E-state index is 0.247. The van der Waals surface area contributed by atoms with Gasteiger partial charge in [0.15, 0.2) is 0 Å². The van der Waals surface area contributed by atoms with Crippen molar-refractivity contribution >= 4 is 11.8 Å². The summed E-state index contributed by atoms with van der Waals surface area (Å²) in [6.07, 6.45) is 0. The summed E-state index contributed by atoms with van der Waals surface area (Å²) < 4.78 is 5.92. The third kappa shape index (κ3) is 5.10. The second kappa shape index (κ2) is 9.02. The van der Waals surface area contributed by atoms with Gasteiger partial charge in [-0.05, 0) is 61.4 Å². The van der Waals surface area contributed by atoms with E-state index < -0.39 is 0 Å². The number of benzene rings is 4. The molecule has 144 valence electrons. The molecule has 4 aromatic carbocycles. The lowest BCUT2D eigenvalue weighted by molar-refractivity contribution is 0.482. The first kappa shape index (κ1) is 19.4. The molecule has 0 saturated carbocycles. The zero-order chi connectivity index (χ0) is 20.1. The van der Waals surface area contributed by atoms with Crippen molar-refractivity contribution in [3.05, 3.63) is 125 Å². The molecule has 4 aromatic rings. The zero-order valence-electron chi connectivity index (χ0n) is 16.7. The maximum atomic E-state index is 5.92. The van der Waals surface area contributed by atoms with Gasteiger partial charge in [0, 0.05) is 4.90 Å². The molecule has 4 rings (SSSR count).